The van der Waals surface area contributed by atoms with Crippen LogP contribution in [-0.2, 0) is 11.3 Å². The van der Waals surface area contributed by atoms with Gasteiger partial charge in [-0.3, -0.25) is 9.78 Å². The Morgan fingerprint density at radius 3 is 1.97 bits per heavy atom. The summed E-state index contributed by atoms with van der Waals surface area (Å²) in [6, 6.07) is 14.1. The maximum Gasteiger partial charge on any atom is 0.227 e. The quantitative estimate of drug-likeness (QED) is 0.233. The minimum Gasteiger partial charge on any atom is -0.306 e. The number of amides is 1. The summed E-state index contributed by atoms with van der Waals surface area (Å²) >= 11 is 0. The lowest BCUT2D eigenvalue weighted by Gasteiger charge is -2.23. The minimum absolute atomic E-state index is 0.198. The molecule has 1 amide bonds. The molecule has 0 aliphatic heterocycles. The van der Waals surface area contributed by atoms with E-state index >= 15 is 0 Å². The van der Waals surface area contributed by atoms with Crippen LogP contribution in [0, 0.1) is 6.92 Å². The highest BCUT2D eigenvalue weighted by Gasteiger charge is 2.16. The van der Waals surface area contributed by atoms with Crippen LogP contribution in [0.4, 0.5) is 5.69 Å². The number of rotatable bonds is 17. The summed E-state index contributed by atoms with van der Waals surface area (Å²) in [4.78, 5) is 19.4. The van der Waals surface area contributed by atoms with Gasteiger partial charge in [0.15, 0.2) is 0 Å². The highest BCUT2D eigenvalue weighted by molar-refractivity contribution is 5.93. The van der Waals surface area contributed by atoms with Crippen LogP contribution >= 0.6 is 0 Å². The average Bonchev–Trinajstić information content (AvgIpc) is 2.81. The molecule has 0 spiro atoms. The Kier molecular flexibility index (Phi) is 13.4. The summed E-state index contributed by atoms with van der Waals surface area (Å²) in [5.74, 6) is 0.198. The van der Waals surface area contributed by atoms with Crippen LogP contribution in [0.2, 0.25) is 0 Å². The fourth-order valence-electron chi connectivity index (χ4n) is 4.20. The standard InChI is InChI=1S/C29H44N2O/c1-3-4-5-6-7-8-9-10-11-12-13-14-15-22-29(32)31(25-27-20-16-17-23-30-27)28-21-18-19-26(2)24-28/h16-21,23-24H,3-15,22,25H2,1-2H3. The van der Waals surface area contributed by atoms with Gasteiger partial charge in [-0.25, -0.2) is 0 Å². The van der Waals surface area contributed by atoms with E-state index in [2.05, 4.69) is 31.0 Å². The second-order valence-corrected chi connectivity index (χ2v) is 9.13. The van der Waals surface area contributed by atoms with Crippen molar-refractivity contribution in [3.05, 3.63) is 59.9 Å². The van der Waals surface area contributed by atoms with E-state index in [1.807, 2.05) is 35.2 Å². The Labute approximate surface area is 196 Å². The summed E-state index contributed by atoms with van der Waals surface area (Å²) in [7, 11) is 0. The number of hydrogen-bond donors (Lipinski definition) is 0. The summed E-state index contributed by atoms with van der Waals surface area (Å²) in [5, 5.41) is 0. The Balaban J connectivity index is 1.64. The molecule has 1 heterocycles. The Hall–Kier alpha value is -2.16. The molecule has 1 aromatic heterocycles. The van der Waals surface area contributed by atoms with Crippen molar-refractivity contribution in [3.8, 4) is 0 Å². The van der Waals surface area contributed by atoms with Crippen LogP contribution in [0.15, 0.2) is 48.7 Å². The molecule has 2 aromatic rings. The van der Waals surface area contributed by atoms with Gasteiger partial charge >= 0.3 is 0 Å². The minimum atomic E-state index is 0.198. The van der Waals surface area contributed by atoms with E-state index < -0.39 is 0 Å². The van der Waals surface area contributed by atoms with Gasteiger partial charge in [0.2, 0.25) is 5.91 Å². The van der Waals surface area contributed by atoms with Gasteiger partial charge in [-0.15, -0.1) is 0 Å². The van der Waals surface area contributed by atoms with E-state index in [-0.39, 0.29) is 5.91 Å². The molecule has 0 N–H and O–H groups in total. The molecule has 3 heteroatoms. The maximum absolute atomic E-state index is 13.1. The normalized spacial score (nSPS) is 10.9. The predicted octanol–water partition coefficient (Wildman–Crippen LogP) is 8.40. The lowest BCUT2D eigenvalue weighted by Crippen LogP contribution is -2.30. The number of carbonyl (C=O) groups is 1. The van der Waals surface area contributed by atoms with Gasteiger partial charge in [-0.05, 0) is 43.2 Å². The second kappa shape index (κ2) is 16.5. The Bertz CT molecular complexity index is 744. The first-order valence-electron chi connectivity index (χ1n) is 13.0. The lowest BCUT2D eigenvalue weighted by molar-refractivity contribution is -0.118. The molecule has 0 atom stereocenters. The van der Waals surface area contributed by atoms with Gasteiger partial charge < -0.3 is 4.90 Å². The van der Waals surface area contributed by atoms with Crippen molar-refractivity contribution in [2.75, 3.05) is 4.90 Å². The third-order valence-electron chi connectivity index (χ3n) is 6.15. The first kappa shape index (κ1) is 26.1. The number of anilines is 1. The van der Waals surface area contributed by atoms with Crippen LogP contribution in [0.5, 0.6) is 0 Å². The third-order valence-corrected chi connectivity index (χ3v) is 6.15. The van der Waals surface area contributed by atoms with Crippen LogP contribution in [0.25, 0.3) is 0 Å². The highest BCUT2D eigenvalue weighted by atomic mass is 16.2. The van der Waals surface area contributed by atoms with Crippen LogP contribution in [0.3, 0.4) is 0 Å². The molecule has 0 saturated carbocycles. The van der Waals surface area contributed by atoms with E-state index in [4.69, 9.17) is 0 Å². The summed E-state index contributed by atoms with van der Waals surface area (Å²) < 4.78 is 0. The number of aryl methyl sites for hydroxylation is 1. The van der Waals surface area contributed by atoms with Crippen molar-refractivity contribution >= 4 is 11.6 Å². The number of pyridine rings is 1. The van der Waals surface area contributed by atoms with Crippen molar-refractivity contribution in [1.29, 1.82) is 0 Å². The molecule has 0 fully saturated rings. The number of hydrogen-bond acceptors (Lipinski definition) is 2. The van der Waals surface area contributed by atoms with Crippen molar-refractivity contribution in [3.63, 3.8) is 0 Å². The zero-order valence-electron chi connectivity index (χ0n) is 20.5. The van der Waals surface area contributed by atoms with Crippen molar-refractivity contribution < 1.29 is 4.79 Å². The van der Waals surface area contributed by atoms with Gasteiger partial charge in [0, 0.05) is 18.3 Å². The topological polar surface area (TPSA) is 33.2 Å². The number of nitrogens with zero attached hydrogens (tertiary/aromatic N) is 2. The third kappa shape index (κ3) is 10.9. The van der Waals surface area contributed by atoms with Gasteiger partial charge in [-0.2, -0.15) is 0 Å². The Morgan fingerprint density at radius 1 is 0.781 bits per heavy atom. The first-order valence-corrected chi connectivity index (χ1v) is 13.0. The zero-order valence-corrected chi connectivity index (χ0v) is 20.5. The number of carbonyl (C=O) groups excluding carboxylic acids is 1. The average molecular weight is 437 g/mol. The summed E-state index contributed by atoms with van der Waals surface area (Å²) in [6.07, 6.45) is 19.6. The molecule has 0 unspecified atom stereocenters. The van der Waals surface area contributed by atoms with Crippen molar-refractivity contribution in [2.24, 2.45) is 0 Å². The molecule has 0 bridgehead atoms. The Morgan fingerprint density at radius 2 is 1.41 bits per heavy atom. The van der Waals surface area contributed by atoms with Crippen LogP contribution < -0.4 is 4.90 Å². The van der Waals surface area contributed by atoms with Crippen molar-refractivity contribution in [2.45, 2.75) is 110 Å². The van der Waals surface area contributed by atoms with Gasteiger partial charge in [0.25, 0.3) is 0 Å². The molecular weight excluding hydrogens is 392 g/mol. The van der Waals surface area contributed by atoms with E-state index in [0.29, 0.717) is 13.0 Å². The molecule has 0 aliphatic carbocycles. The first-order chi connectivity index (χ1) is 15.7. The zero-order chi connectivity index (χ0) is 22.9. The molecule has 2 rings (SSSR count). The molecular formula is C29H44N2O. The largest absolute Gasteiger partial charge is 0.306 e. The summed E-state index contributed by atoms with van der Waals surface area (Å²) in [5.41, 5.74) is 3.06. The molecule has 3 nitrogen and oxygen atoms in total. The SMILES string of the molecule is CCCCCCCCCCCCCCCC(=O)N(Cc1ccccn1)c1cccc(C)c1. The molecule has 32 heavy (non-hydrogen) atoms. The smallest absolute Gasteiger partial charge is 0.227 e. The molecule has 1 aromatic carbocycles. The second-order valence-electron chi connectivity index (χ2n) is 9.13. The predicted molar refractivity (Wildman–Crippen MR) is 137 cm³/mol. The van der Waals surface area contributed by atoms with E-state index in [0.717, 1.165) is 24.2 Å². The highest BCUT2D eigenvalue weighted by Crippen LogP contribution is 2.21. The van der Waals surface area contributed by atoms with Gasteiger partial charge in [0.1, 0.15) is 0 Å². The lowest BCUT2D eigenvalue weighted by atomic mass is 10.0. The molecule has 0 saturated heterocycles. The maximum atomic E-state index is 13.1. The number of benzene rings is 1. The van der Waals surface area contributed by atoms with E-state index in [9.17, 15) is 4.79 Å². The molecule has 176 valence electrons. The number of unbranched alkanes of at least 4 members (excludes halogenated alkanes) is 12. The van der Waals surface area contributed by atoms with Crippen LogP contribution in [0.1, 0.15) is 108 Å². The fourth-order valence-corrected chi connectivity index (χ4v) is 4.20. The number of aromatic nitrogens is 1. The van der Waals surface area contributed by atoms with Gasteiger partial charge in [0.05, 0.1) is 12.2 Å². The van der Waals surface area contributed by atoms with Crippen LogP contribution in [-0.4, -0.2) is 10.9 Å². The van der Waals surface area contributed by atoms with E-state index in [1.165, 1.54) is 76.2 Å². The molecule has 0 aliphatic rings. The molecule has 0 radical (unpaired) electrons. The van der Waals surface area contributed by atoms with Gasteiger partial charge in [-0.1, -0.05) is 102 Å². The monoisotopic (exact) mass is 436 g/mol. The van der Waals surface area contributed by atoms with Crippen molar-refractivity contribution in [1.82, 2.24) is 4.98 Å². The fraction of sp³-hybridized carbons (Fsp3) is 0.586. The summed E-state index contributed by atoms with van der Waals surface area (Å²) in [6.45, 7) is 4.87. The van der Waals surface area contributed by atoms with E-state index in [1.54, 1.807) is 6.20 Å².